The molecule has 6 heteroatoms. The number of hydrogen-bond acceptors (Lipinski definition) is 6. The Morgan fingerprint density at radius 1 is 0.237 bits per heavy atom. The highest BCUT2D eigenvalue weighted by atomic mass is 16.6. The lowest BCUT2D eigenvalue weighted by Crippen LogP contribution is -2.30. The lowest BCUT2D eigenvalue weighted by atomic mass is 10.0. The second kappa shape index (κ2) is 69.6. The highest BCUT2D eigenvalue weighted by Crippen LogP contribution is 2.19. The van der Waals surface area contributed by atoms with Crippen molar-refractivity contribution in [2.24, 2.45) is 0 Å². The number of allylic oxidation sites excluding steroid dienone is 2. The molecule has 0 fully saturated rings. The van der Waals surface area contributed by atoms with Crippen LogP contribution < -0.4 is 0 Å². The van der Waals surface area contributed by atoms with Crippen molar-refractivity contribution < 1.29 is 28.6 Å². The number of unbranched alkanes of at least 4 members (excludes halogenated alkanes) is 56. The maximum atomic E-state index is 12.9. The topological polar surface area (TPSA) is 78.9 Å². The molecule has 80 heavy (non-hydrogen) atoms. The van der Waals surface area contributed by atoms with Crippen LogP contribution in [0, 0.1) is 0 Å². The van der Waals surface area contributed by atoms with E-state index in [1.54, 1.807) is 0 Å². The van der Waals surface area contributed by atoms with Gasteiger partial charge in [0, 0.05) is 19.3 Å². The molecule has 474 valence electrons. The Kier molecular flexibility index (Phi) is 68.0. The first-order valence-corrected chi connectivity index (χ1v) is 36.7. The fourth-order valence-corrected chi connectivity index (χ4v) is 11.5. The Labute approximate surface area is 501 Å². The molecule has 0 heterocycles. The molecule has 0 bridgehead atoms. The maximum absolute atomic E-state index is 12.9. The Bertz CT molecular complexity index is 1250. The summed E-state index contributed by atoms with van der Waals surface area (Å²) < 4.78 is 17.0. The lowest BCUT2D eigenvalue weighted by Gasteiger charge is -2.18. The van der Waals surface area contributed by atoms with E-state index in [0.29, 0.717) is 19.3 Å². The summed E-state index contributed by atoms with van der Waals surface area (Å²) in [5.41, 5.74) is 0. The van der Waals surface area contributed by atoms with Gasteiger partial charge in [-0.05, 0) is 44.9 Å². The molecular formula is C74H142O6. The summed E-state index contributed by atoms with van der Waals surface area (Å²) in [7, 11) is 0. The van der Waals surface area contributed by atoms with Crippen LogP contribution in [-0.4, -0.2) is 37.2 Å². The second-order valence-electron chi connectivity index (χ2n) is 25.2. The van der Waals surface area contributed by atoms with Gasteiger partial charge in [0.25, 0.3) is 0 Å². The average Bonchev–Trinajstić information content (AvgIpc) is 3.46. The number of rotatable bonds is 69. The fourth-order valence-electron chi connectivity index (χ4n) is 11.5. The molecule has 1 atom stereocenters. The second-order valence-corrected chi connectivity index (χ2v) is 25.2. The monoisotopic (exact) mass is 1130 g/mol. The van der Waals surface area contributed by atoms with Crippen LogP contribution in [-0.2, 0) is 28.6 Å². The van der Waals surface area contributed by atoms with Crippen LogP contribution >= 0.6 is 0 Å². The third-order valence-corrected chi connectivity index (χ3v) is 17.0. The zero-order valence-corrected chi connectivity index (χ0v) is 54.6. The highest BCUT2D eigenvalue weighted by Gasteiger charge is 2.20. The van der Waals surface area contributed by atoms with E-state index in [9.17, 15) is 14.4 Å². The first kappa shape index (κ1) is 78.1. The van der Waals surface area contributed by atoms with Gasteiger partial charge in [0.15, 0.2) is 6.10 Å². The quantitative estimate of drug-likeness (QED) is 0.0261. The number of hydrogen-bond donors (Lipinski definition) is 0. The standard InChI is InChI=1S/C74H142O6/c1-4-7-10-13-16-19-22-24-26-28-29-30-31-32-33-34-35-36-37-38-39-40-41-42-43-44-45-47-48-50-52-55-58-61-64-67-73(76)79-70-71(69-78-72(75)66-63-60-57-54-21-18-15-12-9-6-3)80-74(77)68-65-62-59-56-53-51-49-46-27-25-23-20-17-14-11-8-5-2/h28-29,71H,4-27,30-70H2,1-3H3/b29-28-. The summed E-state index contributed by atoms with van der Waals surface area (Å²) in [4.78, 5) is 38.3. The van der Waals surface area contributed by atoms with Crippen molar-refractivity contribution in [2.75, 3.05) is 13.2 Å². The largest absolute Gasteiger partial charge is 0.462 e. The van der Waals surface area contributed by atoms with Gasteiger partial charge in [-0.15, -0.1) is 0 Å². The zero-order chi connectivity index (χ0) is 57.8. The smallest absolute Gasteiger partial charge is 0.306 e. The molecule has 0 saturated heterocycles. The number of ether oxygens (including phenoxy) is 3. The van der Waals surface area contributed by atoms with Gasteiger partial charge in [-0.1, -0.05) is 373 Å². The summed E-state index contributed by atoms with van der Waals surface area (Å²) in [6, 6.07) is 0. The van der Waals surface area contributed by atoms with Gasteiger partial charge >= 0.3 is 17.9 Å². The molecule has 0 aromatic carbocycles. The van der Waals surface area contributed by atoms with Crippen LogP contribution in [0.5, 0.6) is 0 Å². The van der Waals surface area contributed by atoms with Gasteiger partial charge < -0.3 is 14.2 Å². The normalized spacial score (nSPS) is 12.0. The summed E-state index contributed by atoms with van der Waals surface area (Å²) >= 11 is 0. The molecule has 0 aromatic rings. The number of carbonyl (C=O) groups is 3. The van der Waals surface area contributed by atoms with E-state index in [2.05, 4.69) is 32.9 Å². The number of carbonyl (C=O) groups excluding carboxylic acids is 3. The minimum Gasteiger partial charge on any atom is -0.462 e. The van der Waals surface area contributed by atoms with E-state index in [4.69, 9.17) is 14.2 Å². The van der Waals surface area contributed by atoms with Gasteiger partial charge in [0.1, 0.15) is 13.2 Å². The number of esters is 3. The van der Waals surface area contributed by atoms with Crippen molar-refractivity contribution in [3.63, 3.8) is 0 Å². The van der Waals surface area contributed by atoms with E-state index in [1.165, 1.54) is 327 Å². The van der Waals surface area contributed by atoms with Gasteiger partial charge in [-0.25, -0.2) is 0 Å². The Hall–Kier alpha value is -1.85. The van der Waals surface area contributed by atoms with E-state index < -0.39 is 6.10 Å². The molecule has 1 unspecified atom stereocenters. The molecule has 0 amide bonds. The molecule has 0 aliphatic rings. The zero-order valence-electron chi connectivity index (χ0n) is 54.6. The predicted octanol–water partition coefficient (Wildman–Crippen LogP) is 25.2. The van der Waals surface area contributed by atoms with Crippen LogP contribution in [0.3, 0.4) is 0 Å². The lowest BCUT2D eigenvalue weighted by molar-refractivity contribution is -0.167. The van der Waals surface area contributed by atoms with Crippen LogP contribution in [0.1, 0.15) is 425 Å². The maximum Gasteiger partial charge on any atom is 0.306 e. The van der Waals surface area contributed by atoms with Gasteiger partial charge in [-0.3, -0.25) is 14.4 Å². The third-order valence-electron chi connectivity index (χ3n) is 17.0. The van der Waals surface area contributed by atoms with Crippen LogP contribution in [0.25, 0.3) is 0 Å². The van der Waals surface area contributed by atoms with Crippen LogP contribution in [0.15, 0.2) is 12.2 Å². The molecule has 0 radical (unpaired) electrons. The molecule has 6 nitrogen and oxygen atoms in total. The van der Waals surface area contributed by atoms with Gasteiger partial charge in [0.05, 0.1) is 0 Å². The van der Waals surface area contributed by atoms with Crippen molar-refractivity contribution in [3.05, 3.63) is 12.2 Å². The van der Waals surface area contributed by atoms with E-state index >= 15 is 0 Å². The predicted molar refractivity (Wildman–Crippen MR) is 349 cm³/mol. The van der Waals surface area contributed by atoms with Crippen molar-refractivity contribution in [3.8, 4) is 0 Å². The van der Waals surface area contributed by atoms with Crippen molar-refractivity contribution in [1.29, 1.82) is 0 Å². The first-order valence-electron chi connectivity index (χ1n) is 36.7. The van der Waals surface area contributed by atoms with Crippen molar-refractivity contribution in [1.82, 2.24) is 0 Å². The summed E-state index contributed by atoms with van der Waals surface area (Å²) in [5, 5.41) is 0. The first-order chi connectivity index (χ1) is 39.5. The molecule has 0 N–H and O–H groups in total. The summed E-state index contributed by atoms with van der Waals surface area (Å²) in [6.45, 7) is 6.71. The molecule has 0 aliphatic carbocycles. The summed E-state index contributed by atoms with van der Waals surface area (Å²) in [5.74, 6) is -0.829. The van der Waals surface area contributed by atoms with E-state index in [-0.39, 0.29) is 31.1 Å². The molecule has 0 aliphatic heterocycles. The Morgan fingerprint density at radius 2 is 0.412 bits per heavy atom. The molecule has 0 rings (SSSR count). The molecule has 0 saturated carbocycles. The molecule has 0 aromatic heterocycles. The fraction of sp³-hybridized carbons (Fsp3) is 0.932. The van der Waals surface area contributed by atoms with Crippen LogP contribution in [0.2, 0.25) is 0 Å². The molecular weight excluding hydrogens is 985 g/mol. The minimum absolute atomic E-state index is 0.0618. The molecule has 0 spiro atoms. The van der Waals surface area contributed by atoms with Crippen molar-refractivity contribution >= 4 is 17.9 Å². The summed E-state index contributed by atoms with van der Waals surface area (Å²) in [6.07, 6.45) is 84.2. The van der Waals surface area contributed by atoms with Gasteiger partial charge in [-0.2, -0.15) is 0 Å². The van der Waals surface area contributed by atoms with E-state index in [1.807, 2.05) is 0 Å². The minimum atomic E-state index is -0.763. The Balaban J connectivity index is 3.98. The third kappa shape index (κ3) is 66.9. The van der Waals surface area contributed by atoms with Crippen molar-refractivity contribution in [2.45, 2.75) is 431 Å². The average molecular weight is 1130 g/mol. The SMILES string of the molecule is CCCCCCCCCC/C=C\CCCCCCCCCCCCCCCCCCCCCCCCCC(=O)OCC(COC(=O)CCCCCCCCCCCC)OC(=O)CCCCCCCCCCCCCCCCCCC. The Morgan fingerprint density at radius 3 is 0.625 bits per heavy atom. The highest BCUT2D eigenvalue weighted by molar-refractivity contribution is 5.71. The van der Waals surface area contributed by atoms with E-state index in [0.717, 1.165) is 57.8 Å². The van der Waals surface area contributed by atoms with Crippen LogP contribution in [0.4, 0.5) is 0 Å². The van der Waals surface area contributed by atoms with Gasteiger partial charge in [0.2, 0.25) is 0 Å².